The number of benzene rings is 1. The molecule has 1 aromatic carbocycles. The van der Waals surface area contributed by atoms with Crippen LogP contribution in [0.4, 0.5) is 5.69 Å². The quantitative estimate of drug-likeness (QED) is 0.920. The average Bonchev–Trinajstić information content (AvgIpc) is 3.32. The van der Waals surface area contributed by atoms with Crippen LogP contribution in [0.3, 0.4) is 0 Å². The van der Waals surface area contributed by atoms with Gasteiger partial charge in [0.05, 0.1) is 23.2 Å². The summed E-state index contributed by atoms with van der Waals surface area (Å²) in [5, 5.41) is 9.65. The van der Waals surface area contributed by atoms with E-state index in [-0.39, 0.29) is 17.5 Å². The van der Waals surface area contributed by atoms with Gasteiger partial charge in [-0.3, -0.25) is 9.29 Å². The Morgan fingerprint density at radius 2 is 1.86 bits per heavy atom. The summed E-state index contributed by atoms with van der Waals surface area (Å²) in [6.07, 6.45) is 2.98. The first kappa shape index (κ1) is 13.9. The predicted molar refractivity (Wildman–Crippen MR) is 80.5 cm³/mol. The minimum Gasteiger partial charge on any atom is -0.506 e. The summed E-state index contributed by atoms with van der Waals surface area (Å²) >= 11 is 0. The summed E-state index contributed by atoms with van der Waals surface area (Å²) in [4.78, 5) is 4.18. The standard InChI is InChI=1S/C15H16N2O3S/c18-15-7-2-1-6-14(15)17(21(19,20)13-8-9-13)11-12-5-3-4-10-16-12/h1-7,10,13,18H,8-9,11H2. The Hall–Kier alpha value is -2.08. The molecule has 1 heterocycles. The zero-order chi connectivity index (χ0) is 14.9. The molecule has 0 saturated heterocycles. The first-order valence-corrected chi connectivity index (χ1v) is 8.29. The summed E-state index contributed by atoms with van der Waals surface area (Å²) in [6, 6.07) is 11.8. The van der Waals surface area contributed by atoms with E-state index in [9.17, 15) is 13.5 Å². The van der Waals surface area contributed by atoms with E-state index in [1.807, 2.05) is 6.07 Å². The van der Waals surface area contributed by atoms with E-state index in [1.54, 1.807) is 36.5 Å². The molecule has 3 rings (SSSR count). The Bertz CT molecular complexity index is 728. The van der Waals surface area contributed by atoms with Crippen LogP contribution in [-0.4, -0.2) is 23.8 Å². The third kappa shape index (κ3) is 2.85. The maximum Gasteiger partial charge on any atom is 0.238 e. The number of anilines is 1. The molecule has 1 aliphatic carbocycles. The highest BCUT2D eigenvalue weighted by molar-refractivity contribution is 7.93. The highest BCUT2D eigenvalue weighted by Gasteiger charge is 2.41. The molecule has 0 spiro atoms. The molecule has 0 bridgehead atoms. The Balaban J connectivity index is 2.01. The molecule has 0 atom stereocenters. The second kappa shape index (κ2) is 5.37. The van der Waals surface area contributed by atoms with E-state index < -0.39 is 10.0 Å². The van der Waals surface area contributed by atoms with Crippen molar-refractivity contribution < 1.29 is 13.5 Å². The van der Waals surface area contributed by atoms with Crippen molar-refractivity contribution in [2.75, 3.05) is 4.31 Å². The lowest BCUT2D eigenvalue weighted by Gasteiger charge is -2.24. The van der Waals surface area contributed by atoms with Gasteiger partial charge in [-0.2, -0.15) is 0 Å². The van der Waals surface area contributed by atoms with Crippen molar-refractivity contribution in [3.05, 3.63) is 54.4 Å². The number of nitrogens with zero attached hydrogens (tertiary/aromatic N) is 2. The van der Waals surface area contributed by atoms with Crippen molar-refractivity contribution in [2.45, 2.75) is 24.6 Å². The van der Waals surface area contributed by atoms with Crippen LogP contribution in [0.2, 0.25) is 0 Å². The lowest BCUT2D eigenvalue weighted by molar-refractivity contribution is 0.475. The van der Waals surface area contributed by atoms with E-state index in [1.165, 1.54) is 10.4 Å². The molecule has 6 heteroatoms. The van der Waals surface area contributed by atoms with Gasteiger partial charge in [-0.05, 0) is 37.1 Å². The number of phenolic OH excluding ortho intramolecular Hbond substituents is 1. The van der Waals surface area contributed by atoms with Crippen molar-refractivity contribution >= 4 is 15.7 Å². The van der Waals surface area contributed by atoms with Gasteiger partial charge in [-0.1, -0.05) is 18.2 Å². The van der Waals surface area contributed by atoms with E-state index in [2.05, 4.69) is 4.98 Å². The van der Waals surface area contributed by atoms with E-state index in [0.717, 1.165) is 0 Å². The molecule has 5 nitrogen and oxygen atoms in total. The van der Waals surface area contributed by atoms with Crippen LogP contribution in [0.5, 0.6) is 5.75 Å². The fourth-order valence-electron chi connectivity index (χ4n) is 2.17. The summed E-state index contributed by atoms with van der Waals surface area (Å²) in [5.41, 5.74) is 0.944. The summed E-state index contributed by atoms with van der Waals surface area (Å²) in [6.45, 7) is 0.122. The Morgan fingerprint density at radius 3 is 2.48 bits per heavy atom. The topological polar surface area (TPSA) is 70.5 Å². The fraction of sp³-hybridized carbons (Fsp3) is 0.267. The molecule has 0 aliphatic heterocycles. The van der Waals surface area contributed by atoms with Crippen LogP contribution >= 0.6 is 0 Å². The normalized spacial score (nSPS) is 14.9. The van der Waals surface area contributed by atoms with Crippen LogP contribution < -0.4 is 4.31 Å². The summed E-state index contributed by atoms with van der Waals surface area (Å²) in [7, 11) is -3.47. The van der Waals surface area contributed by atoms with Crippen LogP contribution in [0.1, 0.15) is 18.5 Å². The lowest BCUT2D eigenvalue weighted by Crippen LogP contribution is -2.33. The second-order valence-corrected chi connectivity index (χ2v) is 7.20. The second-order valence-electron chi connectivity index (χ2n) is 5.06. The molecule has 1 fully saturated rings. The molecule has 21 heavy (non-hydrogen) atoms. The lowest BCUT2D eigenvalue weighted by atomic mass is 10.3. The number of rotatable bonds is 5. The molecule has 0 radical (unpaired) electrons. The van der Waals surface area contributed by atoms with Gasteiger partial charge in [-0.25, -0.2) is 8.42 Å². The number of hydrogen-bond donors (Lipinski definition) is 1. The Kier molecular flexibility index (Phi) is 3.55. The number of aromatic nitrogens is 1. The van der Waals surface area contributed by atoms with Crippen LogP contribution in [0.25, 0.3) is 0 Å². The van der Waals surface area contributed by atoms with E-state index in [4.69, 9.17) is 0 Å². The fourth-order valence-corrected chi connectivity index (χ4v) is 4.00. The smallest absolute Gasteiger partial charge is 0.238 e. The first-order valence-electron chi connectivity index (χ1n) is 6.78. The zero-order valence-electron chi connectivity index (χ0n) is 11.4. The van der Waals surface area contributed by atoms with Gasteiger partial charge in [-0.15, -0.1) is 0 Å². The van der Waals surface area contributed by atoms with E-state index in [0.29, 0.717) is 24.2 Å². The largest absolute Gasteiger partial charge is 0.506 e. The maximum absolute atomic E-state index is 12.6. The van der Waals surface area contributed by atoms with Gasteiger partial charge in [0.1, 0.15) is 5.75 Å². The summed E-state index contributed by atoms with van der Waals surface area (Å²) in [5.74, 6) is -0.0438. The number of hydrogen-bond acceptors (Lipinski definition) is 4. The predicted octanol–water partition coefficient (Wildman–Crippen LogP) is 2.29. The van der Waals surface area contributed by atoms with Gasteiger partial charge >= 0.3 is 0 Å². The third-order valence-electron chi connectivity index (χ3n) is 3.43. The monoisotopic (exact) mass is 304 g/mol. The van der Waals surface area contributed by atoms with Crippen molar-refractivity contribution in [3.8, 4) is 5.75 Å². The number of pyridine rings is 1. The van der Waals surface area contributed by atoms with E-state index >= 15 is 0 Å². The molecule has 1 N–H and O–H groups in total. The molecule has 0 unspecified atom stereocenters. The molecule has 110 valence electrons. The number of aromatic hydroxyl groups is 1. The Labute approximate surface area is 123 Å². The average molecular weight is 304 g/mol. The molecular weight excluding hydrogens is 288 g/mol. The van der Waals surface area contributed by atoms with Crippen LogP contribution in [0.15, 0.2) is 48.7 Å². The third-order valence-corrected chi connectivity index (χ3v) is 5.69. The SMILES string of the molecule is O=S(=O)(C1CC1)N(Cc1ccccn1)c1ccccc1O. The summed E-state index contributed by atoms with van der Waals surface area (Å²) < 4.78 is 26.5. The van der Waals surface area contributed by atoms with Crippen molar-refractivity contribution in [1.82, 2.24) is 4.98 Å². The molecule has 0 amide bonds. The zero-order valence-corrected chi connectivity index (χ0v) is 12.2. The molecule has 1 saturated carbocycles. The molecule has 1 aromatic heterocycles. The molecular formula is C15H16N2O3S. The van der Waals surface area contributed by atoms with Gasteiger partial charge in [0.15, 0.2) is 0 Å². The maximum atomic E-state index is 12.6. The first-order chi connectivity index (χ1) is 10.1. The van der Waals surface area contributed by atoms with Crippen molar-refractivity contribution in [2.24, 2.45) is 0 Å². The van der Waals surface area contributed by atoms with Crippen LogP contribution in [0, 0.1) is 0 Å². The Morgan fingerprint density at radius 1 is 1.14 bits per heavy atom. The molecule has 1 aliphatic rings. The number of sulfonamides is 1. The highest BCUT2D eigenvalue weighted by atomic mass is 32.2. The van der Waals surface area contributed by atoms with Gasteiger partial charge in [0.25, 0.3) is 0 Å². The van der Waals surface area contributed by atoms with Crippen molar-refractivity contribution in [3.63, 3.8) is 0 Å². The van der Waals surface area contributed by atoms with Gasteiger partial charge < -0.3 is 5.11 Å². The van der Waals surface area contributed by atoms with Gasteiger partial charge in [0.2, 0.25) is 10.0 Å². The van der Waals surface area contributed by atoms with Crippen molar-refractivity contribution in [1.29, 1.82) is 0 Å². The highest BCUT2D eigenvalue weighted by Crippen LogP contribution is 2.37. The minimum atomic E-state index is -3.47. The van der Waals surface area contributed by atoms with Crippen LogP contribution in [-0.2, 0) is 16.6 Å². The molecule has 2 aromatic rings. The number of para-hydroxylation sites is 2. The minimum absolute atomic E-state index is 0.0438. The number of phenols is 1. The van der Waals surface area contributed by atoms with Gasteiger partial charge in [0, 0.05) is 6.20 Å².